The summed E-state index contributed by atoms with van der Waals surface area (Å²) in [5, 5.41) is 0.0453. The lowest BCUT2D eigenvalue weighted by Gasteiger charge is -2.27. The SMILES string of the molecule is CCC/C=C/C1CCC(c2cc3ccc(OC)c(F)c3c(F)c2F)CC1. The van der Waals surface area contributed by atoms with Crippen LogP contribution in [-0.2, 0) is 0 Å². The van der Waals surface area contributed by atoms with Gasteiger partial charge in [0.15, 0.2) is 23.2 Å². The average Bonchev–Trinajstić information content (AvgIpc) is 2.65. The van der Waals surface area contributed by atoms with Crippen molar-refractivity contribution in [3.63, 3.8) is 0 Å². The third kappa shape index (κ3) is 3.60. The molecular weight excluding hydrogens is 337 g/mol. The van der Waals surface area contributed by atoms with Gasteiger partial charge in [-0.05, 0) is 67.0 Å². The fraction of sp³-hybridized carbons (Fsp3) is 0.455. The number of ether oxygens (including phenoxy) is 1. The van der Waals surface area contributed by atoms with Gasteiger partial charge in [-0.15, -0.1) is 0 Å². The molecule has 0 unspecified atom stereocenters. The molecule has 0 radical (unpaired) electrons. The summed E-state index contributed by atoms with van der Waals surface area (Å²) >= 11 is 0. The summed E-state index contributed by atoms with van der Waals surface area (Å²) in [5.74, 6) is -2.46. The summed E-state index contributed by atoms with van der Waals surface area (Å²) < 4.78 is 48.5. The Morgan fingerprint density at radius 3 is 2.42 bits per heavy atom. The first-order valence-electron chi connectivity index (χ1n) is 9.37. The van der Waals surface area contributed by atoms with E-state index in [0.717, 1.165) is 38.5 Å². The molecule has 0 aliphatic heterocycles. The van der Waals surface area contributed by atoms with Crippen molar-refractivity contribution >= 4 is 10.8 Å². The quantitative estimate of drug-likeness (QED) is 0.526. The van der Waals surface area contributed by atoms with Gasteiger partial charge < -0.3 is 4.74 Å². The molecule has 0 heterocycles. The fourth-order valence-corrected chi connectivity index (χ4v) is 3.92. The van der Waals surface area contributed by atoms with E-state index in [4.69, 9.17) is 4.74 Å². The highest BCUT2D eigenvalue weighted by Gasteiger charge is 2.27. The molecular formula is C22H25F3O. The van der Waals surface area contributed by atoms with E-state index in [1.807, 2.05) is 0 Å². The van der Waals surface area contributed by atoms with E-state index in [1.165, 1.54) is 13.2 Å². The normalized spacial score (nSPS) is 20.8. The monoisotopic (exact) mass is 362 g/mol. The number of unbranched alkanes of at least 4 members (excludes halogenated alkanes) is 1. The van der Waals surface area contributed by atoms with Crippen LogP contribution in [0.1, 0.15) is 56.9 Å². The molecule has 4 heteroatoms. The van der Waals surface area contributed by atoms with Crippen LogP contribution in [0.5, 0.6) is 5.75 Å². The van der Waals surface area contributed by atoms with Crippen LogP contribution in [-0.4, -0.2) is 7.11 Å². The topological polar surface area (TPSA) is 9.23 Å². The molecule has 0 atom stereocenters. The summed E-state index contributed by atoms with van der Waals surface area (Å²) in [6.07, 6.45) is 10.3. The van der Waals surface area contributed by atoms with Crippen LogP contribution < -0.4 is 4.74 Å². The van der Waals surface area contributed by atoms with Crippen molar-refractivity contribution in [2.45, 2.75) is 51.4 Å². The number of hydrogen-bond acceptors (Lipinski definition) is 1. The van der Waals surface area contributed by atoms with E-state index in [2.05, 4.69) is 19.1 Å². The third-order valence-corrected chi connectivity index (χ3v) is 5.41. The van der Waals surface area contributed by atoms with Gasteiger partial charge in [0.2, 0.25) is 0 Å². The molecule has 0 bridgehead atoms. The second kappa shape index (κ2) is 8.15. The highest BCUT2D eigenvalue weighted by molar-refractivity contribution is 5.86. The Balaban J connectivity index is 1.87. The Bertz CT molecular complexity index is 805. The molecule has 2 aromatic carbocycles. The Labute approximate surface area is 152 Å². The summed E-state index contributed by atoms with van der Waals surface area (Å²) in [5.41, 5.74) is 0.371. The minimum absolute atomic E-state index is 0.0186. The van der Waals surface area contributed by atoms with Gasteiger partial charge in [0.05, 0.1) is 12.5 Å². The van der Waals surface area contributed by atoms with Crippen molar-refractivity contribution in [1.82, 2.24) is 0 Å². The highest BCUT2D eigenvalue weighted by atomic mass is 19.2. The average molecular weight is 362 g/mol. The Kier molecular flexibility index (Phi) is 5.90. The second-order valence-corrected chi connectivity index (χ2v) is 7.10. The highest BCUT2D eigenvalue weighted by Crippen LogP contribution is 2.40. The number of rotatable bonds is 5. The first-order valence-corrected chi connectivity index (χ1v) is 9.37. The molecule has 3 rings (SSSR count). The van der Waals surface area contributed by atoms with Gasteiger partial charge in [-0.3, -0.25) is 0 Å². The lowest BCUT2D eigenvalue weighted by Crippen LogP contribution is -2.14. The van der Waals surface area contributed by atoms with Crippen molar-refractivity contribution in [2.75, 3.05) is 7.11 Å². The second-order valence-electron chi connectivity index (χ2n) is 7.10. The summed E-state index contributed by atoms with van der Waals surface area (Å²) in [6, 6.07) is 4.64. The summed E-state index contributed by atoms with van der Waals surface area (Å²) in [7, 11) is 1.31. The number of methoxy groups -OCH3 is 1. The predicted molar refractivity (Wildman–Crippen MR) is 99.1 cm³/mol. The minimum Gasteiger partial charge on any atom is -0.494 e. The summed E-state index contributed by atoms with van der Waals surface area (Å²) in [4.78, 5) is 0. The molecule has 2 aromatic rings. The molecule has 0 saturated heterocycles. The van der Waals surface area contributed by atoms with Crippen LogP contribution in [0.4, 0.5) is 13.2 Å². The Morgan fingerprint density at radius 1 is 1.04 bits per heavy atom. The molecule has 1 nitrogen and oxygen atoms in total. The molecule has 0 amide bonds. The van der Waals surface area contributed by atoms with Gasteiger partial charge in [0.1, 0.15) is 0 Å². The van der Waals surface area contributed by atoms with Gasteiger partial charge in [0, 0.05) is 0 Å². The molecule has 0 N–H and O–H groups in total. The zero-order valence-corrected chi connectivity index (χ0v) is 15.3. The van der Waals surface area contributed by atoms with Crippen LogP contribution in [0.15, 0.2) is 30.4 Å². The number of benzene rings is 2. The van der Waals surface area contributed by atoms with Crippen LogP contribution >= 0.6 is 0 Å². The lowest BCUT2D eigenvalue weighted by atomic mass is 9.78. The van der Waals surface area contributed by atoms with Gasteiger partial charge in [-0.2, -0.15) is 0 Å². The molecule has 1 aliphatic rings. The van der Waals surface area contributed by atoms with E-state index in [-0.39, 0.29) is 17.1 Å². The van der Waals surface area contributed by atoms with E-state index < -0.39 is 17.5 Å². The van der Waals surface area contributed by atoms with Gasteiger partial charge in [-0.25, -0.2) is 13.2 Å². The maximum atomic E-state index is 14.7. The Morgan fingerprint density at radius 2 is 1.77 bits per heavy atom. The van der Waals surface area contributed by atoms with E-state index in [1.54, 1.807) is 12.1 Å². The number of allylic oxidation sites excluding steroid dienone is 2. The molecule has 0 spiro atoms. The van der Waals surface area contributed by atoms with Crippen LogP contribution in [0.2, 0.25) is 0 Å². The number of halogens is 3. The molecule has 1 aliphatic carbocycles. The smallest absolute Gasteiger partial charge is 0.175 e. The van der Waals surface area contributed by atoms with Crippen molar-refractivity contribution in [2.24, 2.45) is 5.92 Å². The fourth-order valence-electron chi connectivity index (χ4n) is 3.92. The van der Waals surface area contributed by atoms with Crippen molar-refractivity contribution < 1.29 is 17.9 Å². The first-order chi connectivity index (χ1) is 12.6. The number of fused-ring (bicyclic) bond motifs is 1. The molecule has 140 valence electrons. The molecule has 0 aromatic heterocycles. The maximum Gasteiger partial charge on any atom is 0.175 e. The van der Waals surface area contributed by atoms with Gasteiger partial charge >= 0.3 is 0 Å². The largest absolute Gasteiger partial charge is 0.494 e. The molecule has 1 saturated carbocycles. The molecule has 26 heavy (non-hydrogen) atoms. The van der Waals surface area contributed by atoms with Crippen LogP contribution in [0.25, 0.3) is 10.8 Å². The van der Waals surface area contributed by atoms with Crippen molar-refractivity contribution in [3.8, 4) is 5.75 Å². The van der Waals surface area contributed by atoms with E-state index in [0.29, 0.717) is 16.9 Å². The first kappa shape index (κ1) is 18.8. The van der Waals surface area contributed by atoms with E-state index in [9.17, 15) is 13.2 Å². The van der Waals surface area contributed by atoms with Crippen molar-refractivity contribution in [1.29, 1.82) is 0 Å². The Hall–Kier alpha value is -1.97. The van der Waals surface area contributed by atoms with Gasteiger partial charge in [-0.1, -0.05) is 31.6 Å². The van der Waals surface area contributed by atoms with E-state index >= 15 is 0 Å². The standard InChI is InChI=1S/C22H25F3O/c1-3-4-5-6-14-7-9-15(10-8-14)17-13-16-11-12-18(26-2)21(24)19(16)22(25)20(17)23/h5-6,11-15H,3-4,7-10H2,1-2H3/b6-5+. The zero-order valence-electron chi connectivity index (χ0n) is 15.3. The minimum atomic E-state index is -1.11. The molecule has 1 fully saturated rings. The number of hydrogen-bond donors (Lipinski definition) is 0. The third-order valence-electron chi connectivity index (χ3n) is 5.41. The maximum absolute atomic E-state index is 14.7. The summed E-state index contributed by atoms with van der Waals surface area (Å²) in [6.45, 7) is 2.15. The van der Waals surface area contributed by atoms with Crippen molar-refractivity contribution in [3.05, 3.63) is 53.4 Å². The van der Waals surface area contributed by atoms with Crippen LogP contribution in [0, 0.1) is 23.4 Å². The predicted octanol–water partition coefficient (Wildman–Crippen LogP) is 6.90. The zero-order chi connectivity index (χ0) is 18.7. The van der Waals surface area contributed by atoms with Gasteiger partial charge in [0.25, 0.3) is 0 Å². The van der Waals surface area contributed by atoms with Crippen LogP contribution in [0.3, 0.4) is 0 Å². The lowest BCUT2D eigenvalue weighted by molar-refractivity contribution is 0.364.